The zero-order valence-corrected chi connectivity index (χ0v) is 14.4. The Kier molecular flexibility index (Phi) is 4.79. The molecular weight excluding hydrogens is 318 g/mol. The molecule has 6 heteroatoms. The molecule has 1 heterocycles. The van der Waals surface area contributed by atoms with E-state index in [9.17, 15) is 4.79 Å². The van der Waals surface area contributed by atoms with Crippen LogP contribution in [0.25, 0.3) is 11.4 Å². The molecule has 0 saturated heterocycles. The van der Waals surface area contributed by atoms with E-state index in [2.05, 4.69) is 10.1 Å². The number of aromatic nitrogens is 2. The molecule has 1 amide bonds. The van der Waals surface area contributed by atoms with Gasteiger partial charge in [0, 0.05) is 12.6 Å². The fourth-order valence-corrected chi connectivity index (χ4v) is 2.44. The number of rotatable bonds is 5. The van der Waals surface area contributed by atoms with Crippen LogP contribution in [0, 0.1) is 6.92 Å². The van der Waals surface area contributed by atoms with Crippen molar-refractivity contribution in [3.63, 3.8) is 0 Å². The highest BCUT2D eigenvalue weighted by Gasteiger charge is 2.19. The fourth-order valence-electron chi connectivity index (χ4n) is 2.44. The molecule has 25 heavy (non-hydrogen) atoms. The minimum Gasteiger partial charge on any atom is -0.496 e. The van der Waals surface area contributed by atoms with Crippen molar-refractivity contribution >= 4 is 5.91 Å². The predicted molar refractivity (Wildman–Crippen MR) is 93.3 cm³/mol. The third-order valence-electron chi connectivity index (χ3n) is 3.83. The van der Waals surface area contributed by atoms with Gasteiger partial charge in [0.2, 0.25) is 11.7 Å². The molecule has 0 bridgehead atoms. The van der Waals surface area contributed by atoms with Gasteiger partial charge >= 0.3 is 0 Å². The summed E-state index contributed by atoms with van der Waals surface area (Å²) in [5.41, 5.74) is 2.53. The third kappa shape index (κ3) is 3.68. The number of nitrogens with zero attached hydrogens (tertiary/aromatic N) is 3. The smallest absolute Gasteiger partial charge is 0.257 e. The summed E-state index contributed by atoms with van der Waals surface area (Å²) >= 11 is 0. The lowest BCUT2D eigenvalue weighted by molar-refractivity contribution is 0.0766. The summed E-state index contributed by atoms with van der Waals surface area (Å²) in [5.74, 6) is 1.24. The number of carbonyl (C=O) groups excluding carboxylic acids is 1. The second-order valence-electron chi connectivity index (χ2n) is 5.74. The Morgan fingerprint density at radius 1 is 1.16 bits per heavy atom. The van der Waals surface area contributed by atoms with Crippen molar-refractivity contribution in [1.29, 1.82) is 0 Å². The normalized spacial score (nSPS) is 10.5. The van der Waals surface area contributed by atoms with Gasteiger partial charge in [-0.2, -0.15) is 4.98 Å². The SMILES string of the molecule is COc1ccccc1C(=O)N(C)Cc1nc(-c2ccc(C)cc2)no1. The molecule has 0 spiro atoms. The van der Waals surface area contributed by atoms with E-state index >= 15 is 0 Å². The monoisotopic (exact) mass is 337 g/mol. The van der Waals surface area contributed by atoms with Gasteiger partial charge in [-0.05, 0) is 19.1 Å². The van der Waals surface area contributed by atoms with Gasteiger partial charge in [0.05, 0.1) is 12.7 Å². The molecule has 3 aromatic rings. The largest absolute Gasteiger partial charge is 0.496 e. The number of hydrogen-bond donors (Lipinski definition) is 0. The summed E-state index contributed by atoms with van der Waals surface area (Å²) in [7, 11) is 3.22. The lowest BCUT2D eigenvalue weighted by Crippen LogP contribution is -2.26. The molecule has 6 nitrogen and oxygen atoms in total. The Bertz CT molecular complexity index is 872. The maximum atomic E-state index is 12.6. The topological polar surface area (TPSA) is 68.5 Å². The van der Waals surface area contributed by atoms with Gasteiger partial charge in [-0.3, -0.25) is 4.79 Å². The number of aryl methyl sites for hydroxylation is 1. The summed E-state index contributed by atoms with van der Waals surface area (Å²) in [5, 5.41) is 3.99. The molecule has 0 fully saturated rings. The third-order valence-corrected chi connectivity index (χ3v) is 3.83. The quantitative estimate of drug-likeness (QED) is 0.714. The maximum Gasteiger partial charge on any atom is 0.257 e. The summed E-state index contributed by atoms with van der Waals surface area (Å²) in [6, 6.07) is 15.0. The number of benzene rings is 2. The van der Waals surface area contributed by atoms with Crippen LogP contribution >= 0.6 is 0 Å². The first kappa shape index (κ1) is 16.7. The van der Waals surface area contributed by atoms with Gasteiger partial charge in [0.15, 0.2) is 0 Å². The molecule has 0 radical (unpaired) electrons. The van der Waals surface area contributed by atoms with Crippen LogP contribution in [0.5, 0.6) is 5.75 Å². The van der Waals surface area contributed by atoms with E-state index in [1.807, 2.05) is 37.3 Å². The average molecular weight is 337 g/mol. The van der Waals surface area contributed by atoms with Crippen LogP contribution in [0.15, 0.2) is 53.1 Å². The minimum atomic E-state index is -0.174. The summed E-state index contributed by atoms with van der Waals surface area (Å²) < 4.78 is 10.5. The molecule has 3 rings (SSSR count). The van der Waals surface area contributed by atoms with Gasteiger partial charge in [0.1, 0.15) is 12.3 Å². The Morgan fingerprint density at radius 2 is 1.88 bits per heavy atom. The van der Waals surface area contributed by atoms with Crippen molar-refractivity contribution in [1.82, 2.24) is 15.0 Å². The average Bonchev–Trinajstić information content (AvgIpc) is 3.10. The minimum absolute atomic E-state index is 0.174. The molecule has 0 aliphatic rings. The Labute approximate surface area is 146 Å². The van der Waals surface area contributed by atoms with E-state index in [1.165, 1.54) is 12.0 Å². The lowest BCUT2D eigenvalue weighted by Gasteiger charge is -2.16. The highest BCUT2D eigenvalue weighted by atomic mass is 16.5. The van der Waals surface area contributed by atoms with Crippen molar-refractivity contribution in [3.8, 4) is 17.1 Å². The molecule has 0 atom stereocenters. The molecule has 0 aliphatic heterocycles. The Hall–Kier alpha value is -3.15. The van der Waals surface area contributed by atoms with Gasteiger partial charge in [-0.15, -0.1) is 0 Å². The van der Waals surface area contributed by atoms with E-state index in [-0.39, 0.29) is 12.5 Å². The van der Waals surface area contributed by atoms with Crippen molar-refractivity contribution in [2.75, 3.05) is 14.2 Å². The van der Waals surface area contributed by atoms with Crippen LogP contribution in [0.3, 0.4) is 0 Å². The van der Waals surface area contributed by atoms with Crippen LogP contribution in [-0.4, -0.2) is 35.1 Å². The molecular formula is C19H19N3O3. The van der Waals surface area contributed by atoms with Crippen molar-refractivity contribution in [3.05, 3.63) is 65.5 Å². The van der Waals surface area contributed by atoms with Crippen molar-refractivity contribution in [2.24, 2.45) is 0 Å². The predicted octanol–water partition coefficient (Wildman–Crippen LogP) is 3.33. The number of carbonyl (C=O) groups is 1. The van der Waals surface area contributed by atoms with Crippen LogP contribution < -0.4 is 4.74 Å². The molecule has 0 aliphatic carbocycles. The molecule has 1 aromatic heterocycles. The van der Waals surface area contributed by atoms with Gasteiger partial charge < -0.3 is 14.2 Å². The van der Waals surface area contributed by atoms with Crippen LogP contribution in [0.2, 0.25) is 0 Å². The van der Waals surface area contributed by atoms with E-state index in [0.717, 1.165) is 11.1 Å². The van der Waals surface area contributed by atoms with Gasteiger partial charge in [0.25, 0.3) is 5.91 Å². The molecule has 0 saturated carbocycles. The number of ether oxygens (including phenoxy) is 1. The van der Waals surface area contributed by atoms with Gasteiger partial charge in [-0.25, -0.2) is 0 Å². The first-order valence-electron chi connectivity index (χ1n) is 7.86. The first-order chi connectivity index (χ1) is 12.1. The standard InChI is InChI=1S/C19H19N3O3/c1-13-8-10-14(11-9-13)18-20-17(25-21-18)12-22(2)19(23)15-6-4-5-7-16(15)24-3/h4-11H,12H2,1-3H3. The number of para-hydroxylation sites is 1. The molecule has 0 N–H and O–H groups in total. The number of amides is 1. The summed E-state index contributed by atoms with van der Waals surface area (Å²) in [6.45, 7) is 2.24. The van der Waals surface area contributed by atoms with Crippen molar-refractivity contribution in [2.45, 2.75) is 13.5 Å². The van der Waals surface area contributed by atoms with E-state index in [0.29, 0.717) is 23.0 Å². The maximum absolute atomic E-state index is 12.6. The Balaban J connectivity index is 1.74. The molecule has 0 unspecified atom stereocenters. The van der Waals surface area contributed by atoms with Crippen molar-refractivity contribution < 1.29 is 14.1 Å². The zero-order chi connectivity index (χ0) is 17.8. The lowest BCUT2D eigenvalue weighted by atomic mass is 10.1. The number of methoxy groups -OCH3 is 1. The fraction of sp³-hybridized carbons (Fsp3) is 0.211. The number of hydrogen-bond acceptors (Lipinski definition) is 5. The highest BCUT2D eigenvalue weighted by Crippen LogP contribution is 2.20. The highest BCUT2D eigenvalue weighted by molar-refractivity contribution is 5.96. The van der Waals surface area contributed by atoms with Gasteiger partial charge in [-0.1, -0.05) is 47.1 Å². The van der Waals surface area contributed by atoms with Crippen LogP contribution in [0.1, 0.15) is 21.8 Å². The summed E-state index contributed by atoms with van der Waals surface area (Å²) in [4.78, 5) is 18.5. The second kappa shape index (κ2) is 7.17. The van der Waals surface area contributed by atoms with E-state index in [1.54, 1.807) is 25.2 Å². The molecule has 2 aromatic carbocycles. The zero-order valence-electron chi connectivity index (χ0n) is 14.4. The first-order valence-corrected chi connectivity index (χ1v) is 7.86. The van der Waals surface area contributed by atoms with E-state index < -0.39 is 0 Å². The van der Waals surface area contributed by atoms with Crippen LogP contribution in [-0.2, 0) is 6.54 Å². The summed E-state index contributed by atoms with van der Waals surface area (Å²) in [6.07, 6.45) is 0. The second-order valence-corrected chi connectivity index (χ2v) is 5.74. The van der Waals surface area contributed by atoms with Crippen LogP contribution in [0.4, 0.5) is 0 Å². The van der Waals surface area contributed by atoms with E-state index in [4.69, 9.17) is 9.26 Å². The molecule has 128 valence electrons. The Morgan fingerprint density at radius 3 is 2.60 bits per heavy atom.